The Morgan fingerprint density at radius 1 is 1.14 bits per heavy atom. The molecule has 142 valence electrons. The van der Waals surface area contributed by atoms with Crippen molar-refractivity contribution in [2.24, 2.45) is 17.8 Å². The predicted molar refractivity (Wildman–Crippen MR) is 106 cm³/mol. The van der Waals surface area contributed by atoms with Gasteiger partial charge in [-0.2, -0.15) is 0 Å². The van der Waals surface area contributed by atoms with Crippen LogP contribution in [0.4, 0.5) is 0 Å². The summed E-state index contributed by atoms with van der Waals surface area (Å²) in [4.78, 5) is 25.8. The number of nitrogens with zero attached hydrogens (tertiary/aromatic N) is 1. The molecule has 2 aromatic carbocycles. The average molecular weight is 375 g/mol. The van der Waals surface area contributed by atoms with Crippen LogP contribution in [0.1, 0.15) is 28.8 Å². The van der Waals surface area contributed by atoms with Gasteiger partial charge in [-0.3, -0.25) is 4.79 Å². The molecule has 5 rings (SSSR count). The summed E-state index contributed by atoms with van der Waals surface area (Å²) in [6.45, 7) is 0. The zero-order chi connectivity index (χ0) is 19.3. The van der Waals surface area contributed by atoms with Gasteiger partial charge in [0.15, 0.2) is 5.58 Å². The number of carbonyl (C=O) groups excluding carboxylic acids is 1. The fraction of sp³-hybridized carbons (Fsp3) is 0.304. The van der Waals surface area contributed by atoms with E-state index in [0.29, 0.717) is 23.4 Å². The van der Waals surface area contributed by atoms with Crippen molar-refractivity contribution >= 4 is 17.0 Å². The first-order chi connectivity index (χ1) is 13.6. The van der Waals surface area contributed by atoms with Gasteiger partial charge in [0.25, 0.3) is 0 Å². The lowest BCUT2D eigenvalue weighted by Crippen LogP contribution is -2.31. The van der Waals surface area contributed by atoms with Gasteiger partial charge in [0.2, 0.25) is 5.91 Å². The van der Waals surface area contributed by atoms with Crippen LogP contribution in [0.3, 0.4) is 0 Å². The Hall–Kier alpha value is -3.08. The van der Waals surface area contributed by atoms with Gasteiger partial charge >= 0.3 is 5.76 Å². The van der Waals surface area contributed by atoms with Gasteiger partial charge < -0.3 is 9.15 Å². The fourth-order valence-corrected chi connectivity index (χ4v) is 4.67. The molecule has 2 bridgehead atoms. The topological polar surface area (TPSA) is 61.4 Å². The van der Waals surface area contributed by atoms with Crippen LogP contribution in [-0.2, 0) is 6.42 Å². The fourth-order valence-electron chi connectivity index (χ4n) is 4.67. The molecular weight excluding hydrogens is 354 g/mol. The van der Waals surface area contributed by atoms with Crippen molar-refractivity contribution in [2.45, 2.75) is 19.3 Å². The highest BCUT2D eigenvalue weighted by atomic mass is 16.5. The van der Waals surface area contributed by atoms with Crippen molar-refractivity contribution in [3.63, 3.8) is 0 Å². The summed E-state index contributed by atoms with van der Waals surface area (Å²) in [6.07, 6.45) is 6.76. The summed E-state index contributed by atoms with van der Waals surface area (Å²) in [6, 6.07) is 13.4. The lowest BCUT2D eigenvalue weighted by Gasteiger charge is -2.17. The van der Waals surface area contributed by atoms with Gasteiger partial charge in [0.1, 0.15) is 11.3 Å². The van der Waals surface area contributed by atoms with Crippen LogP contribution in [0.5, 0.6) is 5.75 Å². The Labute approximate surface area is 162 Å². The third-order valence-electron chi connectivity index (χ3n) is 6.06. The van der Waals surface area contributed by atoms with Crippen molar-refractivity contribution in [1.82, 2.24) is 4.57 Å². The first kappa shape index (κ1) is 17.0. The molecule has 0 radical (unpaired) electrons. The molecule has 5 heteroatoms. The van der Waals surface area contributed by atoms with E-state index in [2.05, 4.69) is 12.2 Å². The Morgan fingerprint density at radius 3 is 2.64 bits per heavy atom. The number of rotatable bonds is 4. The van der Waals surface area contributed by atoms with Gasteiger partial charge in [-0.05, 0) is 60.4 Å². The second-order valence-corrected chi connectivity index (χ2v) is 7.72. The highest BCUT2D eigenvalue weighted by Crippen LogP contribution is 2.44. The van der Waals surface area contributed by atoms with Crippen molar-refractivity contribution in [2.75, 3.05) is 7.11 Å². The van der Waals surface area contributed by atoms with Crippen LogP contribution in [0.2, 0.25) is 0 Å². The van der Waals surface area contributed by atoms with Crippen molar-refractivity contribution in [3.05, 3.63) is 76.3 Å². The SMILES string of the molecule is COc1ccc(Cc2cccc3oc(=O)n(C(=O)[C@H]4C[C@H]5C=C[C@@H]4C5)c23)cc1. The first-order valence-electron chi connectivity index (χ1n) is 9.63. The van der Waals surface area contributed by atoms with E-state index in [1.54, 1.807) is 13.2 Å². The van der Waals surface area contributed by atoms with E-state index in [-0.39, 0.29) is 17.7 Å². The predicted octanol–water partition coefficient (Wildman–Crippen LogP) is 4.05. The number of para-hydroxylation sites is 1. The second kappa shape index (κ2) is 6.51. The summed E-state index contributed by atoms with van der Waals surface area (Å²) in [5.74, 6) is 0.635. The van der Waals surface area contributed by atoms with Gasteiger partial charge in [0.05, 0.1) is 7.11 Å². The number of methoxy groups -OCH3 is 1. The van der Waals surface area contributed by atoms with Crippen molar-refractivity contribution < 1.29 is 13.9 Å². The zero-order valence-electron chi connectivity index (χ0n) is 15.6. The quantitative estimate of drug-likeness (QED) is 0.646. The smallest absolute Gasteiger partial charge is 0.426 e. The van der Waals surface area contributed by atoms with Crippen LogP contribution in [-0.4, -0.2) is 17.6 Å². The summed E-state index contributed by atoms with van der Waals surface area (Å²) < 4.78 is 11.9. The Bertz CT molecular complexity index is 1140. The molecule has 0 saturated heterocycles. The Balaban J connectivity index is 1.56. The maximum absolute atomic E-state index is 13.3. The van der Waals surface area contributed by atoms with Crippen LogP contribution in [0, 0.1) is 17.8 Å². The number of benzene rings is 2. The van der Waals surface area contributed by atoms with Crippen LogP contribution >= 0.6 is 0 Å². The average Bonchev–Trinajstić information content (AvgIpc) is 3.42. The third kappa shape index (κ3) is 2.70. The molecule has 0 N–H and O–H groups in total. The molecule has 0 spiro atoms. The normalized spacial score (nSPS) is 22.8. The van der Waals surface area contributed by atoms with E-state index in [4.69, 9.17) is 9.15 Å². The Kier molecular flexibility index (Phi) is 3.97. The lowest BCUT2D eigenvalue weighted by molar-refractivity contribution is 0.0810. The number of ether oxygens (including phenoxy) is 1. The van der Waals surface area contributed by atoms with Gasteiger partial charge in [-0.15, -0.1) is 0 Å². The minimum Gasteiger partial charge on any atom is -0.497 e. The first-order valence-corrected chi connectivity index (χ1v) is 9.63. The molecule has 2 aliphatic rings. The lowest BCUT2D eigenvalue weighted by atomic mass is 9.92. The van der Waals surface area contributed by atoms with E-state index >= 15 is 0 Å². The molecule has 1 saturated carbocycles. The standard InChI is InChI=1S/C23H21NO4/c1-27-18-9-6-14(7-10-18)11-17-3-2-4-20-21(17)24(23(26)28-20)22(25)19-13-15-5-8-16(19)12-15/h2-10,15-16,19H,11-13H2,1H3/t15-,16+,19-/m0/s1. The molecule has 2 aliphatic carbocycles. The number of carbonyl (C=O) groups is 1. The molecule has 28 heavy (non-hydrogen) atoms. The largest absolute Gasteiger partial charge is 0.497 e. The van der Waals surface area contributed by atoms with E-state index < -0.39 is 5.76 Å². The minimum atomic E-state index is -0.589. The number of aromatic nitrogens is 1. The van der Waals surface area contributed by atoms with Gasteiger partial charge in [-0.1, -0.05) is 36.4 Å². The highest BCUT2D eigenvalue weighted by molar-refractivity contribution is 5.92. The van der Waals surface area contributed by atoms with Gasteiger partial charge in [-0.25, -0.2) is 9.36 Å². The van der Waals surface area contributed by atoms with Crippen molar-refractivity contribution in [1.29, 1.82) is 0 Å². The summed E-state index contributed by atoms with van der Waals surface area (Å²) in [7, 11) is 1.64. The van der Waals surface area contributed by atoms with Gasteiger partial charge in [0, 0.05) is 5.92 Å². The molecule has 3 atom stereocenters. The van der Waals surface area contributed by atoms with E-state index in [9.17, 15) is 9.59 Å². The number of hydrogen-bond acceptors (Lipinski definition) is 4. The molecular formula is C23H21NO4. The molecule has 1 heterocycles. The van der Waals surface area contributed by atoms with E-state index in [0.717, 1.165) is 29.7 Å². The highest BCUT2D eigenvalue weighted by Gasteiger charge is 2.41. The Morgan fingerprint density at radius 2 is 1.96 bits per heavy atom. The van der Waals surface area contributed by atoms with Crippen LogP contribution in [0.25, 0.3) is 11.1 Å². The molecule has 0 amide bonds. The second-order valence-electron chi connectivity index (χ2n) is 7.72. The number of hydrogen-bond donors (Lipinski definition) is 0. The molecule has 0 aliphatic heterocycles. The summed E-state index contributed by atoms with van der Waals surface area (Å²) >= 11 is 0. The molecule has 1 fully saturated rings. The van der Waals surface area contributed by atoms with Crippen molar-refractivity contribution in [3.8, 4) is 5.75 Å². The minimum absolute atomic E-state index is 0.136. The summed E-state index contributed by atoms with van der Waals surface area (Å²) in [5, 5.41) is 0. The number of oxazole rings is 1. The molecule has 5 nitrogen and oxygen atoms in total. The van der Waals surface area contributed by atoms with Crippen LogP contribution in [0.15, 0.2) is 63.8 Å². The maximum Gasteiger partial charge on any atom is 0.426 e. The van der Waals surface area contributed by atoms with E-state index in [1.165, 1.54) is 4.57 Å². The maximum atomic E-state index is 13.3. The summed E-state index contributed by atoms with van der Waals surface area (Å²) in [5.41, 5.74) is 3.03. The third-order valence-corrected chi connectivity index (χ3v) is 6.06. The molecule has 3 aromatic rings. The molecule has 0 unspecified atom stereocenters. The monoisotopic (exact) mass is 375 g/mol. The van der Waals surface area contributed by atoms with E-state index in [1.807, 2.05) is 36.4 Å². The molecule has 1 aromatic heterocycles. The number of allylic oxidation sites excluding steroid dienone is 2. The zero-order valence-corrected chi connectivity index (χ0v) is 15.6. The van der Waals surface area contributed by atoms with Crippen LogP contribution < -0.4 is 10.5 Å². The number of fused-ring (bicyclic) bond motifs is 3.